The molecule has 11 nitrogen and oxygen atoms in total. The predicted molar refractivity (Wildman–Crippen MR) is 145 cm³/mol. The lowest BCUT2D eigenvalue weighted by Gasteiger charge is -2.15. The van der Waals surface area contributed by atoms with Crippen LogP contribution >= 0.6 is 0 Å². The molecule has 42 heavy (non-hydrogen) atoms. The van der Waals surface area contributed by atoms with Crippen molar-refractivity contribution in [2.45, 2.75) is 32.1 Å². The van der Waals surface area contributed by atoms with Crippen LogP contribution in [0.4, 0.5) is 18.9 Å². The lowest BCUT2D eigenvalue weighted by atomic mass is 10.1. The highest BCUT2D eigenvalue weighted by Crippen LogP contribution is 2.37. The van der Waals surface area contributed by atoms with E-state index in [2.05, 4.69) is 20.6 Å². The Morgan fingerprint density at radius 2 is 1.71 bits per heavy atom. The third-order valence-electron chi connectivity index (χ3n) is 6.17. The predicted octanol–water partition coefficient (Wildman–Crippen LogP) is 4.48. The van der Waals surface area contributed by atoms with E-state index in [1.807, 2.05) is 0 Å². The SMILES string of the molecule is COC(=O)c1ccccc1NC(=O)[C@@H](C)NC(=O)c1nc(-c2ccc(OC)c3nc(C(F)(F)F)ccc23)oc1[C@H](C)N. The van der Waals surface area contributed by atoms with Gasteiger partial charge in [-0.15, -0.1) is 0 Å². The highest BCUT2D eigenvalue weighted by molar-refractivity contribution is 6.05. The van der Waals surface area contributed by atoms with Crippen LogP contribution in [0.1, 0.15) is 52.2 Å². The summed E-state index contributed by atoms with van der Waals surface area (Å²) in [4.78, 5) is 46.1. The van der Waals surface area contributed by atoms with Gasteiger partial charge in [0, 0.05) is 10.9 Å². The summed E-state index contributed by atoms with van der Waals surface area (Å²) in [5.41, 5.74) is 5.14. The smallest absolute Gasteiger partial charge is 0.433 e. The number of nitrogens with one attached hydrogen (secondary N) is 2. The van der Waals surface area contributed by atoms with Crippen molar-refractivity contribution in [2.75, 3.05) is 19.5 Å². The number of hydrogen-bond acceptors (Lipinski definition) is 9. The molecule has 0 saturated carbocycles. The number of amides is 2. The van der Waals surface area contributed by atoms with E-state index < -0.39 is 41.7 Å². The summed E-state index contributed by atoms with van der Waals surface area (Å²) in [6.45, 7) is 2.96. The van der Waals surface area contributed by atoms with Gasteiger partial charge in [0.1, 0.15) is 23.0 Å². The summed E-state index contributed by atoms with van der Waals surface area (Å²) >= 11 is 0. The molecule has 0 aliphatic rings. The second-order valence-corrected chi connectivity index (χ2v) is 9.15. The van der Waals surface area contributed by atoms with Crippen LogP contribution in [0.2, 0.25) is 0 Å². The van der Waals surface area contributed by atoms with Gasteiger partial charge in [0.05, 0.1) is 31.5 Å². The molecule has 2 atom stereocenters. The maximum Gasteiger partial charge on any atom is 0.433 e. The van der Waals surface area contributed by atoms with E-state index in [9.17, 15) is 27.6 Å². The molecule has 0 saturated heterocycles. The molecule has 4 aromatic rings. The molecular weight excluding hydrogens is 559 g/mol. The molecule has 2 amide bonds. The van der Waals surface area contributed by atoms with Gasteiger partial charge in [-0.05, 0) is 50.2 Å². The van der Waals surface area contributed by atoms with Crippen LogP contribution in [0.5, 0.6) is 5.75 Å². The number of para-hydroxylation sites is 1. The van der Waals surface area contributed by atoms with Gasteiger partial charge in [-0.1, -0.05) is 12.1 Å². The molecule has 4 N–H and O–H groups in total. The monoisotopic (exact) mass is 585 g/mol. The first-order valence-corrected chi connectivity index (χ1v) is 12.5. The van der Waals surface area contributed by atoms with Crippen LogP contribution in [-0.4, -0.2) is 48.0 Å². The van der Waals surface area contributed by atoms with E-state index in [-0.39, 0.29) is 50.8 Å². The van der Waals surface area contributed by atoms with Crippen LogP contribution in [-0.2, 0) is 15.7 Å². The first-order chi connectivity index (χ1) is 19.8. The minimum Gasteiger partial charge on any atom is -0.494 e. The molecule has 14 heteroatoms. The summed E-state index contributed by atoms with van der Waals surface area (Å²) < 4.78 is 55.7. The molecule has 220 valence electrons. The second kappa shape index (κ2) is 11.9. The summed E-state index contributed by atoms with van der Waals surface area (Å²) in [5, 5.41) is 5.32. The number of methoxy groups -OCH3 is 2. The lowest BCUT2D eigenvalue weighted by molar-refractivity contribution is -0.141. The molecule has 4 rings (SSSR count). The Kier molecular flexibility index (Phi) is 8.47. The Morgan fingerprint density at radius 3 is 2.36 bits per heavy atom. The quantitative estimate of drug-likeness (QED) is 0.254. The van der Waals surface area contributed by atoms with Gasteiger partial charge in [-0.2, -0.15) is 13.2 Å². The van der Waals surface area contributed by atoms with Crippen LogP contribution in [0.25, 0.3) is 22.4 Å². The summed E-state index contributed by atoms with van der Waals surface area (Å²) in [6.07, 6.45) is -4.68. The third-order valence-corrected chi connectivity index (χ3v) is 6.17. The number of pyridine rings is 1. The average Bonchev–Trinajstić information content (AvgIpc) is 3.41. The number of halogens is 3. The zero-order chi connectivity index (χ0) is 30.8. The Morgan fingerprint density at radius 1 is 1.00 bits per heavy atom. The zero-order valence-electron chi connectivity index (χ0n) is 22.8. The average molecular weight is 586 g/mol. The second-order valence-electron chi connectivity index (χ2n) is 9.15. The van der Waals surface area contributed by atoms with E-state index in [1.54, 1.807) is 19.1 Å². The van der Waals surface area contributed by atoms with Crippen molar-refractivity contribution in [1.29, 1.82) is 0 Å². The van der Waals surface area contributed by atoms with Crippen molar-refractivity contribution >= 4 is 34.4 Å². The molecule has 0 spiro atoms. The number of carbonyl (C=O) groups is 3. The first kappa shape index (κ1) is 30.0. The number of fused-ring (bicyclic) bond motifs is 1. The van der Waals surface area contributed by atoms with Gasteiger partial charge in [-0.25, -0.2) is 14.8 Å². The molecule has 0 aliphatic heterocycles. The van der Waals surface area contributed by atoms with E-state index in [1.165, 1.54) is 51.5 Å². The molecule has 0 aliphatic carbocycles. The van der Waals surface area contributed by atoms with Gasteiger partial charge in [-0.3, -0.25) is 9.59 Å². The number of ether oxygens (including phenoxy) is 2. The van der Waals surface area contributed by atoms with Gasteiger partial charge in [0.2, 0.25) is 11.8 Å². The number of anilines is 1. The fourth-order valence-corrected chi connectivity index (χ4v) is 4.07. The van der Waals surface area contributed by atoms with Crippen molar-refractivity contribution < 1.29 is 41.4 Å². The van der Waals surface area contributed by atoms with E-state index >= 15 is 0 Å². The van der Waals surface area contributed by atoms with Gasteiger partial charge < -0.3 is 30.3 Å². The largest absolute Gasteiger partial charge is 0.494 e. The Hall–Kier alpha value is -4.98. The number of aromatic nitrogens is 2. The van der Waals surface area contributed by atoms with Gasteiger partial charge in [0.15, 0.2) is 11.5 Å². The molecule has 0 bridgehead atoms. The fraction of sp³-hybridized carbons (Fsp3) is 0.250. The van der Waals surface area contributed by atoms with E-state index in [0.29, 0.717) is 0 Å². The van der Waals surface area contributed by atoms with Crippen molar-refractivity contribution in [1.82, 2.24) is 15.3 Å². The third kappa shape index (κ3) is 6.02. The summed E-state index contributed by atoms with van der Waals surface area (Å²) in [5.74, 6) is -2.13. The number of oxazole rings is 1. The number of nitrogens with zero attached hydrogens (tertiary/aromatic N) is 2. The Bertz CT molecular complexity index is 1670. The molecule has 0 unspecified atom stereocenters. The number of nitrogens with two attached hydrogens (primary N) is 1. The van der Waals surface area contributed by atoms with Crippen molar-refractivity contribution in [3.8, 4) is 17.2 Å². The first-order valence-electron chi connectivity index (χ1n) is 12.5. The molecule has 0 fully saturated rings. The van der Waals surface area contributed by atoms with Crippen LogP contribution in [0.3, 0.4) is 0 Å². The molecule has 2 aromatic heterocycles. The maximum absolute atomic E-state index is 13.3. The van der Waals surface area contributed by atoms with E-state index in [0.717, 1.165) is 6.07 Å². The normalized spacial score (nSPS) is 12.9. The van der Waals surface area contributed by atoms with Crippen LogP contribution in [0, 0.1) is 0 Å². The number of carbonyl (C=O) groups excluding carboxylic acids is 3. The molecule has 2 aromatic carbocycles. The van der Waals surface area contributed by atoms with Gasteiger partial charge >= 0.3 is 12.1 Å². The minimum atomic E-state index is -4.68. The highest BCUT2D eigenvalue weighted by atomic mass is 19.4. The Balaban J connectivity index is 1.64. The number of hydrogen-bond donors (Lipinski definition) is 3. The standard InChI is InChI=1S/C28H26F3N5O6/c1-13(32)23-22(25(38)33-14(2)24(37)34-18-8-6-5-7-17(18)27(39)41-4)36-26(42-23)16-9-11-19(40-3)21-15(16)10-12-20(35-21)28(29,30)31/h5-14H,32H2,1-4H3,(H,33,38)(H,34,37)/t13-,14+/m0/s1. The lowest BCUT2D eigenvalue weighted by Crippen LogP contribution is -2.42. The zero-order valence-corrected chi connectivity index (χ0v) is 22.8. The van der Waals surface area contributed by atoms with Crippen LogP contribution in [0.15, 0.2) is 52.9 Å². The fourth-order valence-electron chi connectivity index (χ4n) is 4.07. The number of benzene rings is 2. The summed E-state index contributed by atoms with van der Waals surface area (Å²) in [7, 11) is 2.50. The number of alkyl halides is 3. The minimum absolute atomic E-state index is 0.0185. The topological polar surface area (TPSA) is 159 Å². The van der Waals surface area contributed by atoms with Gasteiger partial charge in [0.25, 0.3) is 5.91 Å². The molecule has 2 heterocycles. The Labute approximate surface area is 237 Å². The number of esters is 1. The number of rotatable bonds is 8. The van der Waals surface area contributed by atoms with E-state index in [4.69, 9.17) is 19.6 Å². The molecular formula is C28H26F3N5O6. The van der Waals surface area contributed by atoms with Crippen molar-refractivity contribution in [2.24, 2.45) is 5.73 Å². The molecule has 0 radical (unpaired) electrons. The summed E-state index contributed by atoms with van der Waals surface area (Å²) in [6, 6.07) is 9.19. The van der Waals surface area contributed by atoms with Crippen LogP contribution < -0.4 is 21.1 Å². The highest BCUT2D eigenvalue weighted by Gasteiger charge is 2.33. The van der Waals surface area contributed by atoms with Crippen molar-refractivity contribution in [3.63, 3.8) is 0 Å². The maximum atomic E-state index is 13.3. The van der Waals surface area contributed by atoms with Crippen molar-refractivity contribution in [3.05, 3.63) is 71.2 Å².